The minimum atomic E-state index is 1.27. The number of hydrogen-bond donors (Lipinski definition) is 0. The molecule has 68 unspecified atom stereocenters. The van der Waals surface area contributed by atoms with Crippen molar-refractivity contribution >= 4 is 0 Å². The summed E-state index contributed by atoms with van der Waals surface area (Å²) in [5, 5.41) is 0. The van der Waals surface area contributed by atoms with Gasteiger partial charge >= 0.3 is 0 Å². The summed E-state index contributed by atoms with van der Waals surface area (Å²) in [6.45, 7) is 0. The van der Waals surface area contributed by atoms with Crippen LogP contribution < -0.4 is 0 Å². The van der Waals surface area contributed by atoms with E-state index < -0.39 is 0 Å². The molecule has 0 aromatic heterocycles. The minimum absolute atomic E-state index is 1.27. The Morgan fingerprint density at radius 3 is 0.176 bits per heavy atom. The number of hydrogen-bond acceptors (Lipinski definition) is 0. The summed E-state index contributed by atoms with van der Waals surface area (Å²) in [5.74, 6) is 92.7. The summed E-state index contributed by atoms with van der Waals surface area (Å²) in [7, 11) is 0. The summed E-state index contributed by atoms with van der Waals surface area (Å²) < 4.78 is 0. The van der Waals surface area contributed by atoms with Crippen LogP contribution in [0.25, 0.3) is 0 Å². The van der Waals surface area contributed by atoms with Crippen LogP contribution in [0.3, 0.4) is 0 Å². The van der Waals surface area contributed by atoms with Gasteiger partial charge in [0.2, 0.25) is 0 Å². The molecule has 36 aliphatic rings. The topological polar surface area (TPSA) is 0 Å². The van der Waals surface area contributed by atoms with Crippen molar-refractivity contribution in [3.05, 3.63) is 0 Å². The lowest BCUT2D eigenvalue weighted by atomic mass is 9.02. The van der Waals surface area contributed by atoms with E-state index in [9.17, 15) is 0 Å². The maximum atomic E-state index is 1.66. The molecule has 36 aliphatic carbocycles. The van der Waals surface area contributed by atoms with E-state index in [1.165, 1.54) is 414 Å². The Balaban J connectivity index is 0.355. The quantitative estimate of drug-likeness (QED) is 0.212. The molecule has 0 aliphatic heterocycles. The second kappa shape index (κ2) is 8.26. The normalized spacial score (nSPS) is 103. The highest BCUT2D eigenvalue weighted by atomic mass is 15.1. The van der Waals surface area contributed by atoms with Crippen LogP contribution in [0, 0.1) is 414 Å². The highest BCUT2D eigenvalue weighted by Gasteiger charge is 3.02. The third-order valence-corrected chi connectivity index (χ3v) is 47.9. The van der Waals surface area contributed by atoms with Crippen molar-refractivity contribution in [2.24, 2.45) is 414 Å². The summed E-state index contributed by atoms with van der Waals surface area (Å²) in [6, 6.07) is 0. The summed E-state index contributed by atoms with van der Waals surface area (Å²) in [6.07, 6.45) is 6.66. The SMILES string of the molecule is C1CC2C1C1C2C2C1C1C2C2C1C1C2C2C1C1C2C2C1C1C2C2C1C1C2C2C1C1C2C2C1C1C2C2C1C1C3C4C5C6C7C8C9C%10C%11C%12C%13C%14C%15C%16C%17C%18C%19CCC%19C%18C%17C%16C%15C%14C%13C%12C%11C%10C9C8C7C6C5C4C3C21. The zero-order valence-electron chi connectivity index (χ0n) is 43.2. The molecule has 374 valence electrons. The Hall–Kier alpha value is 0. The van der Waals surface area contributed by atoms with Gasteiger partial charge in [-0.25, -0.2) is 0 Å². The van der Waals surface area contributed by atoms with E-state index in [1.54, 1.807) is 25.7 Å². The molecule has 0 radical (unpaired) electrons. The van der Waals surface area contributed by atoms with Crippen LogP contribution in [0.15, 0.2) is 0 Å². The zero-order valence-corrected chi connectivity index (χ0v) is 43.2. The van der Waals surface area contributed by atoms with Crippen molar-refractivity contribution in [3.8, 4) is 0 Å². The second-order valence-corrected chi connectivity index (χ2v) is 41.9. The third-order valence-electron chi connectivity index (χ3n) is 47.9. The van der Waals surface area contributed by atoms with E-state index in [2.05, 4.69) is 0 Å². The first kappa shape index (κ1) is 33.2. The van der Waals surface area contributed by atoms with Gasteiger partial charge in [-0.3, -0.25) is 0 Å². The molecule has 0 heteroatoms. The van der Waals surface area contributed by atoms with Crippen LogP contribution in [0.5, 0.6) is 0 Å². The fourth-order valence-electron chi connectivity index (χ4n) is 49.1. The average molecular weight is 967 g/mol. The predicted molar refractivity (Wildman–Crippen MR) is 263 cm³/mol. The summed E-state index contributed by atoms with van der Waals surface area (Å²) in [5.41, 5.74) is 0. The molecule has 74 heavy (non-hydrogen) atoms. The van der Waals surface area contributed by atoms with Gasteiger partial charge in [-0.1, -0.05) is 0 Å². The lowest BCUT2D eigenvalue weighted by Gasteiger charge is -3.02. The first-order chi connectivity index (χ1) is 37.0. The van der Waals surface area contributed by atoms with Gasteiger partial charge in [0.05, 0.1) is 0 Å². The van der Waals surface area contributed by atoms with Gasteiger partial charge in [0.15, 0.2) is 0 Å². The van der Waals surface area contributed by atoms with Crippen LogP contribution in [0.1, 0.15) is 25.7 Å². The molecule has 0 aromatic rings. The molecule has 68 atom stereocenters. The van der Waals surface area contributed by atoms with Gasteiger partial charge in [0, 0.05) is 0 Å². The van der Waals surface area contributed by atoms with Crippen molar-refractivity contribution in [3.63, 3.8) is 0 Å². The number of fused-ring (bicyclic) bond motifs is 103. The summed E-state index contributed by atoms with van der Waals surface area (Å²) in [4.78, 5) is 0. The lowest BCUT2D eigenvalue weighted by molar-refractivity contribution is -0.558. The minimum Gasteiger partial charge on any atom is -0.0496 e. The van der Waals surface area contributed by atoms with Crippen molar-refractivity contribution < 1.29 is 0 Å². The van der Waals surface area contributed by atoms with E-state index in [1.807, 2.05) is 0 Å². The van der Waals surface area contributed by atoms with E-state index in [-0.39, 0.29) is 0 Å². The predicted octanol–water partition coefficient (Wildman–Crippen LogP) is 10.2. The molecule has 36 rings (SSSR count). The highest BCUT2D eigenvalue weighted by molar-refractivity contribution is 5.49. The van der Waals surface area contributed by atoms with Gasteiger partial charge in [0.1, 0.15) is 0 Å². The fourth-order valence-corrected chi connectivity index (χ4v) is 49.1. The highest BCUT2D eigenvalue weighted by Crippen LogP contribution is 3.06. The molecule has 36 fully saturated rings. The van der Waals surface area contributed by atoms with Crippen LogP contribution in [0.4, 0.5) is 0 Å². The largest absolute Gasteiger partial charge is 0.0496 e. The monoisotopic (exact) mass is 967 g/mol. The Morgan fingerprint density at radius 1 is 0.0676 bits per heavy atom. The first-order valence-electron chi connectivity index (χ1n) is 37.0. The maximum Gasteiger partial charge on any atom is -0.0312 e. The molecular weight excluding hydrogens is 889 g/mol. The lowest BCUT2D eigenvalue weighted by Crippen LogP contribution is -2.99. The van der Waals surface area contributed by atoms with Crippen LogP contribution in [0.2, 0.25) is 0 Å². The van der Waals surface area contributed by atoms with E-state index in [0.29, 0.717) is 0 Å². The maximum absolute atomic E-state index is 1.66. The smallest absolute Gasteiger partial charge is 0.0312 e. The van der Waals surface area contributed by atoms with E-state index in [4.69, 9.17) is 0 Å². The Bertz CT molecular complexity index is 2890. The molecule has 0 aromatic carbocycles. The van der Waals surface area contributed by atoms with Crippen molar-refractivity contribution in [1.82, 2.24) is 0 Å². The molecule has 0 spiro atoms. The van der Waals surface area contributed by atoms with Gasteiger partial charge < -0.3 is 0 Å². The second-order valence-electron chi connectivity index (χ2n) is 41.9. The zero-order chi connectivity index (χ0) is 43.2. The third kappa shape index (κ3) is 2.04. The Morgan fingerprint density at radius 2 is 0.122 bits per heavy atom. The molecule has 0 heterocycles. The molecule has 0 saturated heterocycles. The van der Waals surface area contributed by atoms with Crippen LogP contribution >= 0.6 is 0 Å². The Kier molecular flexibility index (Phi) is 3.71. The molecule has 36 saturated carbocycles. The van der Waals surface area contributed by atoms with E-state index >= 15 is 0 Å². The van der Waals surface area contributed by atoms with Gasteiger partial charge in [0.25, 0.3) is 0 Å². The molecular formula is C74H78. The molecule has 0 amide bonds. The van der Waals surface area contributed by atoms with Gasteiger partial charge in [-0.05, 0) is 440 Å². The van der Waals surface area contributed by atoms with Gasteiger partial charge in [-0.2, -0.15) is 0 Å². The standard InChI is InChI=1S/C74H78/c1-2-6-5(1)9-10(6)14-13(9)17-18(14)22-21(17)25-26(22)30-29(25)33-34(30)38-37(33)41-42(38)46-45(41)49-50(46)54-53(49)57-58(54)62-61(57)65-66(62)70-69(65)73-71-67-63-59-55-51-47-43-39-35-31-27-23-19-15-11-7-3-4-8(7)12(11)16(15)20(19)24(23)28(27)32(31)36(35)40(39)44(43)48(47)52(51)56(55)60(59)64(63)68(67)72(71)74(70)73/h5-74H,1-4H2. The molecule has 0 nitrogen and oxygen atoms in total. The van der Waals surface area contributed by atoms with Crippen LogP contribution in [-0.2, 0) is 0 Å². The summed E-state index contributed by atoms with van der Waals surface area (Å²) >= 11 is 0. The van der Waals surface area contributed by atoms with E-state index in [0.717, 1.165) is 0 Å². The fraction of sp³-hybridized carbons (Fsp3) is 1.00. The van der Waals surface area contributed by atoms with Crippen molar-refractivity contribution in [2.45, 2.75) is 25.7 Å². The number of rotatable bonds is 0. The van der Waals surface area contributed by atoms with Crippen molar-refractivity contribution in [2.75, 3.05) is 0 Å². The molecule has 0 bridgehead atoms. The van der Waals surface area contributed by atoms with Gasteiger partial charge in [-0.15, -0.1) is 0 Å². The Labute approximate surface area is 437 Å². The van der Waals surface area contributed by atoms with Crippen LogP contribution in [-0.4, -0.2) is 0 Å². The molecule has 0 N–H and O–H groups in total. The first-order valence-corrected chi connectivity index (χ1v) is 37.0. The van der Waals surface area contributed by atoms with Crippen molar-refractivity contribution in [1.29, 1.82) is 0 Å². The average Bonchev–Trinajstić information content (AvgIpc) is 1.40.